The largest absolute Gasteiger partial charge is 0.315 e. The first-order valence-electron chi connectivity index (χ1n) is 6.84. The summed E-state index contributed by atoms with van der Waals surface area (Å²) in [4.78, 5) is 2.56. The van der Waals surface area contributed by atoms with Crippen molar-refractivity contribution in [3.63, 3.8) is 0 Å². The topological polar surface area (TPSA) is 15.3 Å². The molecule has 1 fully saturated rings. The van der Waals surface area contributed by atoms with Crippen LogP contribution < -0.4 is 5.32 Å². The van der Waals surface area contributed by atoms with E-state index in [-0.39, 0.29) is 0 Å². The minimum atomic E-state index is 0.606. The molecule has 2 heteroatoms. The first-order chi connectivity index (χ1) is 8.36. The lowest BCUT2D eigenvalue weighted by molar-refractivity contribution is 0.335. The summed E-state index contributed by atoms with van der Waals surface area (Å²) in [5, 5.41) is 3.57. The van der Waals surface area contributed by atoms with Gasteiger partial charge in [-0.2, -0.15) is 0 Å². The first kappa shape index (κ1) is 12.6. The number of hydrogen-bond donors (Lipinski definition) is 1. The summed E-state index contributed by atoms with van der Waals surface area (Å²) in [6.07, 6.45) is 2.78. The fourth-order valence-electron chi connectivity index (χ4n) is 2.46. The third-order valence-corrected chi connectivity index (χ3v) is 3.62. The van der Waals surface area contributed by atoms with E-state index in [4.69, 9.17) is 0 Å². The van der Waals surface area contributed by atoms with Gasteiger partial charge in [0.05, 0.1) is 0 Å². The number of likely N-dealkylation sites (tertiary alicyclic amines) is 1. The van der Waals surface area contributed by atoms with Crippen LogP contribution in [0.15, 0.2) is 30.3 Å². The summed E-state index contributed by atoms with van der Waals surface area (Å²) in [5.41, 5.74) is 1.43. The van der Waals surface area contributed by atoms with E-state index in [1.807, 2.05) is 0 Å². The molecule has 0 amide bonds. The zero-order valence-electron chi connectivity index (χ0n) is 10.9. The van der Waals surface area contributed by atoms with E-state index in [0.717, 1.165) is 13.1 Å². The summed E-state index contributed by atoms with van der Waals surface area (Å²) in [7, 11) is 0. The molecule has 1 aliphatic heterocycles. The van der Waals surface area contributed by atoms with Crippen molar-refractivity contribution in [3.8, 4) is 0 Å². The van der Waals surface area contributed by atoms with Crippen molar-refractivity contribution in [2.45, 2.75) is 25.7 Å². The van der Waals surface area contributed by atoms with Crippen LogP contribution in [0.3, 0.4) is 0 Å². The van der Waals surface area contributed by atoms with Crippen molar-refractivity contribution < 1.29 is 0 Å². The number of hydrogen-bond acceptors (Lipinski definition) is 2. The van der Waals surface area contributed by atoms with Crippen LogP contribution in [-0.2, 0) is 0 Å². The number of rotatable bonds is 6. The molecule has 1 heterocycles. The molecule has 94 valence electrons. The van der Waals surface area contributed by atoms with E-state index < -0.39 is 0 Å². The molecule has 0 bridgehead atoms. The fraction of sp³-hybridized carbons (Fsp3) is 0.600. The van der Waals surface area contributed by atoms with Crippen molar-refractivity contribution in [1.82, 2.24) is 10.2 Å². The van der Waals surface area contributed by atoms with Gasteiger partial charge in [0, 0.05) is 19.6 Å². The Balaban J connectivity index is 1.61. The van der Waals surface area contributed by atoms with Gasteiger partial charge in [0.25, 0.3) is 0 Å². The van der Waals surface area contributed by atoms with E-state index in [9.17, 15) is 0 Å². The third kappa shape index (κ3) is 4.14. The van der Waals surface area contributed by atoms with Gasteiger partial charge >= 0.3 is 0 Å². The Hall–Kier alpha value is -0.860. The Bertz CT molecular complexity index is 304. The molecule has 2 rings (SSSR count). The van der Waals surface area contributed by atoms with Crippen LogP contribution in [0.25, 0.3) is 0 Å². The summed E-state index contributed by atoms with van der Waals surface area (Å²) in [5.74, 6) is 0.606. The summed E-state index contributed by atoms with van der Waals surface area (Å²) >= 11 is 0. The van der Waals surface area contributed by atoms with Crippen LogP contribution in [0.4, 0.5) is 0 Å². The van der Waals surface area contributed by atoms with Gasteiger partial charge in [-0.25, -0.2) is 0 Å². The van der Waals surface area contributed by atoms with Crippen molar-refractivity contribution in [2.75, 3.05) is 32.7 Å². The quantitative estimate of drug-likeness (QED) is 0.758. The maximum Gasteiger partial charge on any atom is 0.0107 e. The highest BCUT2D eigenvalue weighted by Crippen LogP contribution is 2.12. The molecule has 1 atom stereocenters. The summed E-state index contributed by atoms with van der Waals surface area (Å²) in [6, 6.07) is 10.8. The molecule has 1 saturated heterocycles. The zero-order chi connectivity index (χ0) is 11.9. The molecule has 1 unspecified atom stereocenters. The molecule has 0 spiro atoms. The van der Waals surface area contributed by atoms with Gasteiger partial charge in [0.1, 0.15) is 0 Å². The summed E-state index contributed by atoms with van der Waals surface area (Å²) < 4.78 is 0. The lowest BCUT2D eigenvalue weighted by Gasteiger charge is -2.17. The Morgan fingerprint density at radius 2 is 1.88 bits per heavy atom. The highest BCUT2D eigenvalue weighted by molar-refractivity contribution is 5.18. The molecular formula is C15H24N2. The minimum absolute atomic E-state index is 0.606. The SMILES string of the molecule is CC(CNCCN1CCCC1)c1ccccc1. The molecule has 17 heavy (non-hydrogen) atoms. The third-order valence-electron chi connectivity index (χ3n) is 3.62. The number of benzene rings is 1. The standard InChI is InChI=1S/C15H24N2/c1-14(15-7-3-2-4-8-15)13-16-9-12-17-10-5-6-11-17/h2-4,7-8,14,16H,5-6,9-13H2,1H3. The molecule has 2 nitrogen and oxygen atoms in total. The Kier molecular flexibility index (Phi) is 5.02. The van der Waals surface area contributed by atoms with Crippen molar-refractivity contribution in [2.24, 2.45) is 0 Å². The molecule has 1 aromatic rings. The molecule has 0 saturated carbocycles. The lowest BCUT2D eigenvalue weighted by atomic mass is 10.0. The van der Waals surface area contributed by atoms with Crippen LogP contribution in [0.1, 0.15) is 31.2 Å². The molecule has 1 N–H and O–H groups in total. The molecular weight excluding hydrogens is 208 g/mol. The molecule has 1 aromatic carbocycles. The maximum atomic E-state index is 3.57. The van der Waals surface area contributed by atoms with Gasteiger partial charge in [0.15, 0.2) is 0 Å². The summed E-state index contributed by atoms with van der Waals surface area (Å²) in [6.45, 7) is 8.31. The predicted octanol–water partition coefficient (Wildman–Crippen LogP) is 2.48. The van der Waals surface area contributed by atoms with Gasteiger partial charge in [-0.05, 0) is 37.4 Å². The smallest absolute Gasteiger partial charge is 0.0107 e. The van der Waals surface area contributed by atoms with E-state index in [1.165, 1.54) is 38.0 Å². The average Bonchev–Trinajstić information content (AvgIpc) is 2.88. The second-order valence-electron chi connectivity index (χ2n) is 5.06. The van der Waals surface area contributed by atoms with Crippen molar-refractivity contribution in [3.05, 3.63) is 35.9 Å². The zero-order valence-corrected chi connectivity index (χ0v) is 10.9. The van der Waals surface area contributed by atoms with E-state index in [2.05, 4.69) is 47.5 Å². The molecule has 1 aliphatic rings. The van der Waals surface area contributed by atoms with Gasteiger partial charge in [-0.3, -0.25) is 0 Å². The predicted molar refractivity (Wildman–Crippen MR) is 73.4 cm³/mol. The fourth-order valence-corrected chi connectivity index (χ4v) is 2.46. The lowest BCUT2D eigenvalue weighted by Crippen LogP contribution is -2.31. The van der Waals surface area contributed by atoms with Crippen LogP contribution in [0.5, 0.6) is 0 Å². The Morgan fingerprint density at radius 1 is 1.18 bits per heavy atom. The molecule has 0 aliphatic carbocycles. The van der Waals surface area contributed by atoms with Crippen LogP contribution in [0, 0.1) is 0 Å². The van der Waals surface area contributed by atoms with Gasteiger partial charge < -0.3 is 10.2 Å². The minimum Gasteiger partial charge on any atom is -0.315 e. The monoisotopic (exact) mass is 232 g/mol. The molecule has 0 radical (unpaired) electrons. The highest BCUT2D eigenvalue weighted by Gasteiger charge is 2.10. The normalized spacial score (nSPS) is 18.4. The maximum absolute atomic E-state index is 3.57. The Labute approximate surface area is 105 Å². The molecule has 0 aromatic heterocycles. The van der Waals surface area contributed by atoms with E-state index in [1.54, 1.807) is 0 Å². The van der Waals surface area contributed by atoms with E-state index >= 15 is 0 Å². The Morgan fingerprint density at radius 3 is 2.59 bits per heavy atom. The number of nitrogens with one attached hydrogen (secondary N) is 1. The van der Waals surface area contributed by atoms with Gasteiger partial charge in [-0.15, -0.1) is 0 Å². The second-order valence-corrected chi connectivity index (χ2v) is 5.06. The highest BCUT2D eigenvalue weighted by atomic mass is 15.1. The van der Waals surface area contributed by atoms with Crippen molar-refractivity contribution >= 4 is 0 Å². The number of nitrogens with zero attached hydrogens (tertiary/aromatic N) is 1. The average molecular weight is 232 g/mol. The van der Waals surface area contributed by atoms with Gasteiger partial charge in [0.2, 0.25) is 0 Å². The van der Waals surface area contributed by atoms with Crippen LogP contribution >= 0.6 is 0 Å². The first-order valence-corrected chi connectivity index (χ1v) is 6.84. The second kappa shape index (κ2) is 6.77. The van der Waals surface area contributed by atoms with Gasteiger partial charge in [-0.1, -0.05) is 37.3 Å². The van der Waals surface area contributed by atoms with E-state index in [0.29, 0.717) is 5.92 Å². The van der Waals surface area contributed by atoms with Crippen LogP contribution in [0.2, 0.25) is 0 Å². The van der Waals surface area contributed by atoms with Crippen LogP contribution in [-0.4, -0.2) is 37.6 Å². The van der Waals surface area contributed by atoms with Crippen molar-refractivity contribution in [1.29, 1.82) is 0 Å².